The van der Waals surface area contributed by atoms with Crippen molar-refractivity contribution in [2.45, 2.75) is 19.9 Å². The number of piperazine rings is 1. The lowest BCUT2D eigenvalue weighted by molar-refractivity contribution is -0.126. The maximum atomic E-state index is 12.4. The zero-order valence-electron chi connectivity index (χ0n) is 16.6. The van der Waals surface area contributed by atoms with E-state index in [9.17, 15) is 9.90 Å². The summed E-state index contributed by atoms with van der Waals surface area (Å²) >= 11 is 0. The van der Waals surface area contributed by atoms with Crippen molar-refractivity contribution in [1.29, 1.82) is 0 Å². The topological polar surface area (TPSA) is 65.0 Å². The molecule has 1 aliphatic heterocycles. The Morgan fingerprint density at radius 2 is 1.86 bits per heavy atom. The molecule has 2 aromatic carbocycles. The molecule has 0 bridgehead atoms. The summed E-state index contributed by atoms with van der Waals surface area (Å²) < 4.78 is 5.68. The van der Waals surface area contributed by atoms with Gasteiger partial charge in [0.15, 0.2) is 0 Å². The van der Waals surface area contributed by atoms with E-state index in [1.165, 1.54) is 0 Å². The highest BCUT2D eigenvalue weighted by molar-refractivity contribution is 5.81. The molecule has 0 saturated carbocycles. The SMILES string of the molecule is Cc1cccc(OCCNC(=O)C(C)N2CCN(c3ccc(O)cc3)CC2)c1. The number of amides is 1. The molecule has 150 valence electrons. The summed E-state index contributed by atoms with van der Waals surface area (Å²) in [6.07, 6.45) is 0. The fourth-order valence-electron chi connectivity index (χ4n) is 3.39. The minimum Gasteiger partial charge on any atom is -0.508 e. The third-order valence-electron chi connectivity index (χ3n) is 5.12. The average Bonchev–Trinajstić information content (AvgIpc) is 2.71. The molecular weight excluding hydrogens is 354 g/mol. The van der Waals surface area contributed by atoms with Gasteiger partial charge in [0, 0.05) is 31.9 Å². The van der Waals surface area contributed by atoms with Gasteiger partial charge < -0.3 is 20.1 Å². The molecule has 0 spiro atoms. The number of nitrogens with zero attached hydrogens (tertiary/aromatic N) is 2. The Bertz CT molecular complexity index is 771. The highest BCUT2D eigenvalue weighted by Gasteiger charge is 2.25. The Labute approximate surface area is 166 Å². The molecule has 1 fully saturated rings. The second-order valence-corrected chi connectivity index (χ2v) is 7.17. The van der Waals surface area contributed by atoms with Crippen molar-refractivity contribution in [3.63, 3.8) is 0 Å². The second-order valence-electron chi connectivity index (χ2n) is 7.17. The van der Waals surface area contributed by atoms with E-state index in [4.69, 9.17) is 4.74 Å². The number of carbonyl (C=O) groups excluding carboxylic acids is 1. The van der Waals surface area contributed by atoms with E-state index >= 15 is 0 Å². The Morgan fingerprint density at radius 1 is 1.14 bits per heavy atom. The number of ether oxygens (including phenoxy) is 1. The fourth-order valence-corrected chi connectivity index (χ4v) is 3.39. The molecule has 6 nitrogen and oxygen atoms in total. The van der Waals surface area contributed by atoms with Crippen LogP contribution in [0.15, 0.2) is 48.5 Å². The number of nitrogens with one attached hydrogen (secondary N) is 1. The molecule has 6 heteroatoms. The monoisotopic (exact) mass is 383 g/mol. The molecule has 1 atom stereocenters. The van der Waals surface area contributed by atoms with Crippen LogP contribution >= 0.6 is 0 Å². The van der Waals surface area contributed by atoms with Gasteiger partial charge in [0.05, 0.1) is 12.6 Å². The minimum absolute atomic E-state index is 0.0333. The van der Waals surface area contributed by atoms with E-state index in [2.05, 4.69) is 15.1 Å². The molecule has 1 heterocycles. The van der Waals surface area contributed by atoms with Crippen molar-refractivity contribution < 1.29 is 14.6 Å². The van der Waals surface area contributed by atoms with Crippen LogP contribution in [0.4, 0.5) is 5.69 Å². The largest absolute Gasteiger partial charge is 0.508 e. The zero-order chi connectivity index (χ0) is 19.9. The van der Waals surface area contributed by atoms with E-state index in [0.29, 0.717) is 13.2 Å². The molecule has 0 radical (unpaired) electrons. The van der Waals surface area contributed by atoms with Crippen molar-refractivity contribution in [3.8, 4) is 11.5 Å². The number of anilines is 1. The number of hydrogen-bond donors (Lipinski definition) is 2. The maximum absolute atomic E-state index is 12.4. The van der Waals surface area contributed by atoms with Crippen LogP contribution in [-0.4, -0.2) is 61.3 Å². The average molecular weight is 383 g/mol. The number of aromatic hydroxyl groups is 1. The number of aryl methyl sites for hydroxylation is 1. The lowest BCUT2D eigenvalue weighted by Crippen LogP contribution is -2.54. The molecule has 1 unspecified atom stereocenters. The van der Waals surface area contributed by atoms with Crippen LogP contribution in [0.1, 0.15) is 12.5 Å². The van der Waals surface area contributed by atoms with Crippen molar-refractivity contribution in [2.24, 2.45) is 0 Å². The summed E-state index contributed by atoms with van der Waals surface area (Å²) in [5.74, 6) is 1.14. The Kier molecular flexibility index (Phi) is 6.76. The summed E-state index contributed by atoms with van der Waals surface area (Å²) in [5, 5.41) is 12.4. The number of phenolic OH excluding ortho intramolecular Hbond substituents is 1. The third kappa shape index (κ3) is 5.39. The van der Waals surface area contributed by atoms with Gasteiger partial charge in [0.2, 0.25) is 5.91 Å². The third-order valence-corrected chi connectivity index (χ3v) is 5.12. The quantitative estimate of drug-likeness (QED) is 0.719. The van der Waals surface area contributed by atoms with Crippen molar-refractivity contribution in [3.05, 3.63) is 54.1 Å². The van der Waals surface area contributed by atoms with Crippen LogP contribution in [0.3, 0.4) is 0 Å². The lowest BCUT2D eigenvalue weighted by atomic mass is 10.2. The van der Waals surface area contributed by atoms with Gasteiger partial charge in [0.25, 0.3) is 0 Å². The number of phenols is 1. The van der Waals surface area contributed by atoms with Crippen molar-refractivity contribution >= 4 is 11.6 Å². The summed E-state index contributed by atoms with van der Waals surface area (Å²) in [6.45, 7) is 8.30. The van der Waals surface area contributed by atoms with Gasteiger partial charge in [0.1, 0.15) is 18.1 Å². The first-order valence-corrected chi connectivity index (χ1v) is 9.78. The summed E-state index contributed by atoms with van der Waals surface area (Å²) in [4.78, 5) is 16.9. The van der Waals surface area contributed by atoms with E-state index in [-0.39, 0.29) is 17.7 Å². The second kappa shape index (κ2) is 9.46. The maximum Gasteiger partial charge on any atom is 0.237 e. The first kappa shape index (κ1) is 20.0. The predicted molar refractivity (Wildman–Crippen MR) is 111 cm³/mol. The summed E-state index contributed by atoms with van der Waals surface area (Å²) in [5.41, 5.74) is 2.25. The molecule has 28 heavy (non-hydrogen) atoms. The van der Waals surface area contributed by atoms with Crippen LogP contribution < -0.4 is 15.0 Å². The van der Waals surface area contributed by atoms with Crippen molar-refractivity contribution in [1.82, 2.24) is 10.2 Å². The first-order chi connectivity index (χ1) is 13.5. The molecule has 3 rings (SSSR count). The normalized spacial score (nSPS) is 15.9. The number of rotatable bonds is 7. The van der Waals surface area contributed by atoms with E-state index < -0.39 is 0 Å². The van der Waals surface area contributed by atoms with Gasteiger partial charge in [-0.2, -0.15) is 0 Å². The summed E-state index contributed by atoms with van der Waals surface area (Å²) in [7, 11) is 0. The number of hydrogen-bond acceptors (Lipinski definition) is 5. The molecule has 1 amide bonds. The van der Waals surface area contributed by atoms with Gasteiger partial charge in [-0.05, 0) is 55.8 Å². The van der Waals surface area contributed by atoms with Crippen LogP contribution in [0, 0.1) is 6.92 Å². The van der Waals surface area contributed by atoms with Gasteiger partial charge in [-0.25, -0.2) is 0 Å². The van der Waals surface area contributed by atoms with E-state index in [1.807, 2.05) is 50.2 Å². The Hall–Kier alpha value is -2.73. The molecule has 2 N–H and O–H groups in total. The van der Waals surface area contributed by atoms with E-state index in [1.54, 1.807) is 12.1 Å². The molecule has 0 aromatic heterocycles. The molecule has 1 saturated heterocycles. The van der Waals surface area contributed by atoms with Crippen LogP contribution in [0.25, 0.3) is 0 Å². The van der Waals surface area contributed by atoms with Gasteiger partial charge in [-0.1, -0.05) is 12.1 Å². The molecule has 2 aromatic rings. The van der Waals surface area contributed by atoms with Gasteiger partial charge in [-0.3, -0.25) is 9.69 Å². The zero-order valence-corrected chi connectivity index (χ0v) is 16.6. The minimum atomic E-state index is -0.166. The smallest absolute Gasteiger partial charge is 0.237 e. The highest BCUT2D eigenvalue weighted by Crippen LogP contribution is 2.20. The van der Waals surface area contributed by atoms with Gasteiger partial charge in [-0.15, -0.1) is 0 Å². The molecule has 0 aliphatic carbocycles. The Morgan fingerprint density at radius 3 is 2.54 bits per heavy atom. The van der Waals surface area contributed by atoms with Crippen LogP contribution in [0.2, 0.25) is 0 Å². The lowest BCUT2D eigenvalue weighted by Gasteiger charge is -2.38. The standard InChI is InChI=1S/C22H29N3O3/c1-17-4-3-5-21(16-17)28-15-10-23-22(27)18(2)24-11-13-25(14-12-24)19-6-8-20(26)9-7-19/h3-9,16,18,26H,10-15H2,1-2H3,(H,23,27). The molecule has 1 aliphatic rings. The Balaban J connectivity index is 1.38. The number of carbonyl (C=O) groups is 1. The summed E-state index contributed by atoms with van der Waals surface area (Å²) in [6, 6.07) is 15.0. The van der Waals surface area contributed by atoms with Crippen molar-refractivity contribution in [2.75, 3.05) is 44.2 Å². The fraction of sp³-hybridized carbons (Fsp3) is 0.409. The highest BCUT2D eigenvalue weighted by atomic mass is 16.5. The number of benzene rings is 2. The van der Waals surface area contributed by atoms with Gasteiger partial charge >= 0.3 is 0 Å². The predicted octanol–water partition coefficient (Wildman–Crippen LogP) is 2.41. The first-order valence-electron chi connectivity index (χ1n) is 9.78. The molecular formula is C22H29N3O3. The van der Waals surface area contributed by atoms with Crippen LogP contribution in [0.5, 0.6) is 11.5 Å². The van der Waals surface area contributed by atoms with E-state index in [0.717, 1.165) is 43.2 Å². The van der Waals surface area contributed by atoms with Crippen LogP contribution in [-0.2, 0) is 4.79 Å².